The van der Waals surface area contributed by atoms with Crippen LogP contribution in [0.3, 0.4) is 0 Å². The van der Waals surface area contributed by atoms with Crippen molar-refractivity contribution in [3.05, 3.63) is 64.7 Å². The number of phenolic OH excluding ortho intramolecular Hbond substituents is 1. The van der Waals surface area contributed by atoms with E-state index in [2.05, 4.69) is 0 Å². The van der Waals surface area contributed by atoms with Gasteiger partial charge in [0, 0.05) is 12.1 Å². The molecule has 1 unspecified atom stereocenters. The number of aromatic hydroxyl groups is 1. The third-order valence-electron chi connectivity index (χ3n) is 5.40. The molecule has 6 nitrogen and oxygen atoms in total. The van der Waals surface area contributed by atoms with Crippen LogP contribution in [-0.4, -0.2) is 40.0 Å². The molecule has 1 atom stereocenters. The molecule has 2 aliphatic rings. The molecule has 2 aromatic carbocycles. The number of fused-ring (bicyclic) bond motifs is 1. The van der Waals surface area contributed by atoms with E-state index in [0.29, 0.717) is 30.7 Å². The summed E-state index contributed by atoms with van der Waals surface area (Å²) >= 11 is 0. The maximum absolute atomic E-state index is 12.9. The van der Waals surface area contributed by atoms with Crippen LogP contribution in [0.25, 0.3) is 5.76 Å². The second kappa shape index (κ2) is 7.62. The Bertz CT molecular complexity index is 993. The van der Waals surface area contributed by atoms with Crippen LogP contribution >= 0.6 is 0 Å². The van der Waals surface area contributed by atoms with Crippen LogP contribution in [0.5, 0.6) is 11.5 Å². The zero-order chi connectivity index (χ0) is 20.5. The minimum Gasteiger partial charge on any atom is -0.508 e. The fourth-order valence-electron chi connectivity index (χ4n) is 4.02. The van der Waals surface area contributed by atoms with E-state index in [4.69, 9.17) is 4.74 Å². The molecule has 1 saturated heterocycles. The van der Waals surface area contributed by atoms with Crippen molar-refractivity contribution >= 4 is 17.4 Å². The van der Waals surface area contributed by atoms with Crippen molar-refractivity contribution in [3.8, 4) is 11.5 Å². The van der Waals surface area contributed by atoms with Crippen molar-refractivity contribution in [2.24, 2.45) is 0 Å². The summed E-state index contributed by atoms with van der Waals surface area (Å²) < 4.78 is 5.62. The van der Waals surface area contributed by atoms with Crippen molar-refractivity contribution in [2.75, 3.05) is 13.2 Å². The van der Waals surface area contributed by atoms with Gasteiger partial charge in [0.1, 0.15) is 17.3 Å². The lowest BCUT2D eigenvalue weighted by molar-refractivity contribution is -0.139. The van der Waals surface area contributed by atoms with Crippen LogP contribution in [0, 0.1) is 0 Å². The Morgan fingerprint density at radius 1 is 1.17 bits per heavy atom. The molecule has 6 heteroatoms. The molecule has 0 aromatic heterocycles. The minimum absolute atomic E-state index is 0.0748. The summed E-state index contributed by atoms with van der Waals surface area (Å²) in [5.74, 6) is -0.616. The van der Waals surface area contributed by atoms with Gasteiger partial charge in [-0.1, -0.05) is 19.1 Å². The van der Waals surface area contributed by atoms with Crippen molar-refractivity contribution < 1.29 is 24.5 Å². The van der Waals surface area contributed by atoms with Gasteiger partial charge in [0.05, 0.1) is 18.2 Å². The highest BCUT2D eigenvalue weighted by molar-refractivity contribution is 6.46. The van der Waals surface area contributed by atoms with E-state index in [1.807, 2.05) is 13.0 Å². The largest absolute Gasteiger partial charge is 0.508 e. The van der Waals surface area contributed by atoms with E-state index in [9.17, 15) is 19.8 Å². The number of aliphatic hydroxyl groups is 1. The number of aryl methyl sites for hydroxylation is 1. The highest BCUT2D eigenvalue weighted by Gasteiger charge is 2.45. The molecule has 150 valence electrons. The maximum Gasteiger partial charge on any atom is 0.295 e. The molecule has 29 heavy (non-hydrogen) atoms. The number of carbonyl (C=O) groups excluding carboxylic acids is 2. The number of rotatable bonds is 4. The number of carbonyl (C=O) groups is 2. The first-order valence-corrected chi connectivity index (χ1v) is 9.84. The summed E-state index contributed by atoms with van der Waals surface area (Å²) in [5, 5.41) is 20.7. The predicted molar refractivity (Wildman–Crippen MR) is 108 cm³/mol. The molecule has 0 aliphatic carbocycles. The zero-order valence-electron chi connectivity index (χ0n) is 16.2. The van der Waals surface area contributed by atoms with Crippen LogP contribution in [0.4, 0.5) is 0 Å². The molecule has 2 heterocycles. The number of hydrogen-bond donors (Lipinski definition) is 2. The number of likely N-dealkylation sites (tertiary alicyclic amines) is 1. The number of nitrogens with zero attached hydrogens (tertiary/aromatic N) is 1. The highest BCUT2D eigenvalue weighted by Crippen LogP contribution is 2.40. The van der Waals surface area contributed by atoms with Crippen LogP contribution in [-0.2, 0) is 16.0 Å². The number of hydrogen-bond acceptors (Lipinski definition) is 5. The van der Waals surface area contributed by atoms with Crippen LogP contribution in [0.1, 0.15) is 42.5 Å². The molecule has 0 radical (unpaired) electrons. The molecule has 0 spiro atoms. The first kappa shape index (κ1) is 19.1. The molecule has 4 rings (SSSR count). The third kappa shape index (κ3) is 3.35. The van der Waals surface area contributed by atoms with Crippen molar-refractivity contribution in [2.45, 2.75) is 32.2 Å². The Kier molecular flexibility index (Phi) is 5.01. The van der Waals surface area contributed by atoms with E-state index in [-0.39, 0.29) is 17.1 Å². The second-order valence-corrected chi connectivity index (χ2v) is 7.36. The molecular formula is C23H23NO5. The summed E-state index contributed by atoms with van der Waals surface area (Å²) in [5.41, 5.74) is 2.21. The highest BCUT2D eigenvalue weighted by atomic mass is 16.5. The summed E-state index contributed by atoms with van der Waals surface area (Å²) in [4.78, 5) is 27.0. The number of phenols is 1. The SMILES string of the molecule is CCCN1C(=O)C(=O)/C(=C(\O)c2ccc3c(c2)CCCO3)C1c1ccc(O)cc1. The number of benzene rings is 2. The fraction of sp³-hybridized carbons (Fsp3) is 0.304. The van der Waals surface area contributed by atoms with Gasteiger partial charge in [0.2, 0.25) is 0 Å². The van der Waals surface area contributed by atoms with Crippen molar-refractivity contribution in [3.63, 3.8) is 0 Å². The van der Waals surface area contributed by atoms with Gasteiger partial charge in [0.15, 0.2) is 0 Å². The molecule has 2 aliphatic heterocycles. The lowest BCUT2D eigenvalue weighted by Crippen LogP contribution is -2.30. The lowest BCUT2D eigenvalue weighted by Gasteiger charge is -2.25. The number of ether oxygens (including phenoxy) is 1. The van der Waals surface area contributed by atoms with Crippen LogP contribution < -0.4 is 4.74 Å². The summed E-state index contributed by atoms with van der Waals surface area (Å²) in [7, 11) is 0. The topological polar surface area (TPSA) is 87.1 Å². The molecule has 1 amide bonds. The lowest BCUT2D eigenvalue weighted by atomic mass is 9.94. The van der Waals surface area contributed by atoms with E-state index < -0.39 is 17.7 Å². The van der Waals surface area contributed by atoms with Gasteiger partial charge in [-0.05, 0) is 60.7 Å². The van der Waals surface area contributed by atoms with Crippen molar-refractivity contribution in [1.29, 1.82) is 0 Å². The van der Waals surface area contributed by atoms with Gasteiger partial charge < -0.3 is 19.8 Å². The first-order valence-electron chi connectivity index (χ1n) is 9.84. The average molecular weight is 393 g/mol. The van der Waals surface area contributed by atoms with Gasteiger partial charge in [-0.25, -0.2) is 0 Å². The molecular weight excluding hydrogens is 370 g/mol. The van der Waals surface area contributed by atoms with Crippen LogP contribution in [0.15, 0.2) is 48.0 Å². The second-order valence-electron chi connectivity index (χ2n) is 7.36. The summed E-state index contributed by atoms with van der Waals surface area (Å²) in [6.07, 6.45) is 2.41. The number of ketones is 1. The van der Waals surface area contributed by atoms with Crippen molar-refractivity contribution in [1.82, 2.24) is 4.90 Å². The first-order chi connectivity index (χ1) is 14.0. The Labute approximate surface area is 169 Å². The fourth-order valence-corrected chi connectivity index (χ4v) is 4.02. The maximum atomic E-state index is 12.9. The Morgan fingerprint density at radius 2 is 1.93 bits per heavy atom. The zero-order valence-corrected chi connectivity index (χ0v) is 16.2. The Morgan fingerprint density at radius 3 is 2.66 bits per heavy atom. The van der Waals surface area contributed by atoms with E-state index in [1.54, 1.807) is 24.3 Å². The third-order valence-corrected chi connectivity index (χ3v) is 5.40. The molecule has 2 N–H and O–H groups in total. The average Bonchev–Trinajstić information content (AvgIpc) is 2.99. The Balaban J connectivity index is 1.84. The molecule has 0 saturated carbocycles. The number of amides is 1. The van der Waals surface area contributed by atoms with Gasteiger partial charge in [-0.3, -0.25) is 9.59 Å². The van der Waals surface area contributed by atoms with Gasteiger partial charge in [0.25, 0.3) is 11.7 Å². The smallest absolute Gasteiger partial charge is 0.295 e. The summed E-state index contributed by atoms with van der Waals surface area (Å²) in [6.45, 7) is 2.99. The van der Waals surface area contributed by atoms with E-state index in [0.717, 1.165) is 24.2 Å². The molecule has 1 fully saturated rings. The number of Topliss-reactive ketones (excluding diaryl/α,β-unsaturated/α-hetero) is 1. The Hall–Kier alpha value is -3.28. The minimum atomic E-state index is -0.692. The van der Waals surface area contributed by atoms with Gasteiger partial charge in [-0.15, -0.1) is 0 Å². The van der Waals surface area contributed by atoms with Gasteiger partial charge in [-0.2, -0.15) is 0 Å². The van der Waals surface area contributed by atoms with E-state index in [1.165, 1.54) is 17.0 Å². The van der Waals surface area contributed by atoms with Crippen LogP contribution in [0.2, 0.25) is 0 Å². The standard InChI is InChI=1S/C23H23NO5/c1-2-11-24-20(14-5-8-17(25)9-6-14)19(22(27)23(24)28)21(26)16-7-10-18-15(13-16)4-3-12-29-18/h5-10,13,20,25-26H,2-4,11-12H2,1H3/b21-19-. The summed E-state index contributed by atoms with van der Waals surface area (Å²) in [6, 6.07) is 11.0. The quantitative estimate of drug-likeness (QED) is 0.471. The normalized spacial score (nSPS) is 20.4. The monoisotopic (exact) mass is 393 g/mol. The molecule has 2 aromatic rings. The van der Waals surface area contributed by atoms with Gasteiger partial charge >= 0.3 is 0 Å². The number of aliphatic hydroxyl groups excluding tert-OH is 1. The van der Waals surface area contributed by atoms with E-state index >= 15 is 0 Å². The predicted octanol–water partition coefficient (Wildman–Crippen LogP) is 3.55. The molecule has 0 bridgehead atoms.